The molecule has 0 atom stereocenters. The number of nitrogens with one attached hydrogen (secondary N) is 1. The number of hydrogen-bond acceptors (Lipinski definition) is 7. The van der Waals surface area contributed by atoms with E-state index in [0.717, 1.165) is 16.8 Å². The molecule has 174 valence electrons. The second-order valence-electron chi connectivity index (χ2n) is 7.32. The van der Waals surface area contributed by atoms with Crippen molar-refractivity contribution >= 4 is 40.6 Å². The fraction of sp³-hybridized carbons (Fsp3) is 0.160. The topological polar surface area (TPSA) is 110 Å². The van der Waals surface area contributed by atoms with Gasteiger partial charge in [-0.15, -0.1) is 0 Å². The van der Waals surface area contributed by atoms with E-state index in [2.05, 4.69) is 10.3 Å². The predicted octanol–water partition coefficient (Wildman–Crippen LogP) is 5.16. The lowest BCUT2D eigenvalue weighted by molar-refractivity contribution is -0.115. The van der Waals surface area contributed by atoms with Crippen molar-refractivity contribution in [2.24, 2.45) is 4.99 Å². The third-order valence-electron chi connectivity index (χ3n) is 4.72. The highest BCUT2D eigenvalue weighted by Gasteiger charge is 2.24. The fourth-order valence-electron chi connectivity index (χ4n) is 3.09. The number of aryl methyl sites for hydroxylation is 1. The molecule has 2 aromatic carbocycles. The van der Waals surface area contributed by atoms with Crippen molar-refractivity contribution in [1.82, 2.24) is 5.32 Å². The minimum absolute atomic E-state index is 0.0465. The van der Waals surface area contributed by atoms with Gasteiger partial charge in [0.15, 0.2) is 16.7 Å². The molecule has 0 spiro atoms. The van der Waals surface area contributed by atoms with Crippen LogP contribution in [0.2, 0.25) is 0 Å². The number of ether oxygens (including phenoxy) is 2. The molecular formula is C25H22N2O6S. The zero-order chi connectivity index (χ0) is 24.1. The average molecular weight is 479 g/mol. The van der Waals surface area contributed by atoms with Gasteiger partial charge in [-0.1, -0.05) is 23.8 Å². The number of carboxylic acids is 1. The third-order valence-corrected chi connectivity index (χ3v) is 5.63. The fourth-order valence-corrected chi connectivity index (χ4v) is 3.93. The van der Waals surface area contributed by atoms with Crippen LogP contribution in [0, 0.1) is 6.92 Å². The Morgan fingerprint density at radius 3 is 2.62 bits per heavy atom. The number of amides is 1. The van der Waals surface area contributed by atoms with E-state index in [1.54, 1.807) is 30.3 Å². The molecule has 1 aromatic heterocycles. The molecule has 0 saturated carbocycles. The Labute approximate surface area is 200 Å². The molecule has 1 aliphatic rings. The van der Waals surface area contributed by atoms with Crippen molar-refractivity contribution in [3.8, 4) is 11.5 Å². The summed E-state index contributed by atoms with van der Waals surface area (Å²) in [6.45, 7) is 4.32. The van der Waals surface area contributed by atoms with E-state index >= 15 is 0 Å². The van der Waals surface area contributed by atoms with Crippen LogP contribution < -0.4 is 14.8 Å². The van der Waals surface area contributed by atoms with E-state index in [9.17, 15) is 9.59 Å². The van der Waals surface area contributed by atoms with Crippen molar-refractivity contribution < 1.29 is 28.6 Å². The van der Waals surface area contributed by atoms with Crippen LogP contribution in [0.5, 0.6) is 11.5 Å². The van der Waals surface area contributed by atoms with Gasteiger partial charge in [-0.25, -0.2) is 9.79 Å². The van der Waals surface area contributed by atoms with Crippen LogP contribution in [-0.2, 0) is 11.4 Å². The highest BCUT2D eigenvalue weighted by Crippen LogP contribution is 2.33. The van der Waals surface area contributed by atoms with Crippen LogP contribution >= 0.6 is 11.8 Å². The van der Waals surface area contributed by atoms with Gasteiger partial charge in [0.05, 0.1) is 17.2 Å². The Bertz CT molecular complexity index is 1280. The summed E-state index contributed by atoms with van der Waals surface area (Å²) >= 11 is 1.27. The molecule has 0 aliphatic carbocycles. The van der Waals surface area contributed by atoms with Gasteiger partial charge in [0.25, 0.3) is 5.91 Å². The van der Waals surface area contributed by atoms with Crippen LogP contribution in [0.4, 0.5) is 5.69 Å². The Kier molecular flexibility index (Phi) is 7.03. The third kappa shape index (κ3) is 5.68. The predicted molar refractivity (Wildman–Crippen MR) is 130 cm³/mol. The number of furan rings is 1. The minimum atomic E-state index is -1.14. The molecule has 2 N–H and O–H groups in total. The first-order chi connectivity index (χ1) is 16.4. The number of hydrogen-bond donors (Lipinski definition) is 2. The molecule has 1 aliphatic heterocycles. The normalized spacial score (nSPS) is 15.5. The minimum Gasteiger partial charge on any atom is -0.490 e. The molecule has 2 heterocycles. The van der Waals surface area contributed by atoms with Crippen molar-refractivity contribution in [2.75, 3.05) is 6.61 Å². The first-order valence-corrected chi connectivity index (χ1v) is 11.3. The van der Waals surface area contributed by atoms with Gasteiger partial charge in [0.2, 0.25) is 5.76 Å². The smallest absolute Gasteiger partial charge is 0.371 e. The number of benzene rings is 2. The Balaban J connectivity index is 1.49. The highest BCUT2D eigenvalue weighted by molar-refractivity contribution is 8.18. The number of carboxylic acid groups (broad SMARTS) is 1. The van der Waals surface area contributed by atoms with Gasteiger partial charge in [0, 0.05) is 0 Å². The van der Waals surface area contributed by atoms with E-state index in [0.29, 0.717) is 33.9 Å². The zero-order valence-corrected chi connectivity index (χ0v) is 19.3. The van der Waals surface area contributed by atoms with E-state index < -0.39 is 5.97 Å². The standard InChI is InChI=1S/C25H22N2O6S/c1-3-31-21-12-16(6-10-19(21)32-14-18-9-11-20(33-18)24(29)30)13-22-23(28)27-25(34-22)26-17-7-4-15(2)5-8-17/h4-13H,3,14H2,1-2H3,(H,29,30)(H,26,27,28). The van der Waals surface area contributed by atoms with Crippen molar-refractivity contribution in [2.45, 2.75) is 20.5 Å². The molecule has 34 heavy (non-hydrogen) atoms. The molecule has 1 fully saturated rings. The summed E-state index contributed by atoms with van der Waals surface area (Å²) in [6.07, 6.45) is 1.76. The number of rotatable bonds is 8. The first kappa shape index (κ1) is 23.2. The van der Waals surface area contributed by atoms with Crippen LogP contribution in [0.1, 0.15) is 34.4 Å². The largest absolute Gasteiger partial charge is 0.490 e. The summed E-state index contributed by atoms with van der Waals surface area (Å²) in [5.41, 5.74) is 2.66. The van der Waals surface area contributed by atoms with E-state index in [-0.39, 0.29) is 18.3 Å². The molecule has 0 radical (unpaired) electrons. The van der Waals surface area contributed by atoms with Gasteiger partial charge in [0.1, 0.15) is 12.4 Å². The summed E-state index contributed by atoms with van der Waals surface area (Å²) in [5, 5.41) is 12.3. The SMILES string of the molecule is CCOc1cc(C=C2SC(=Nc3ccc(C)cc3)NC2=O)ccc1OCc1ccc(C(=O)O)o1. The zero-order valence-electron chi connectivity index (χ0n) is 18.5. The second kappa shape index (κ2) is 10.3. The van der Waals surface area contributed by atoms with Crippen molar-refractivity contribution in [3.63, 3.8) is 0 Å². The first-order valence-electron chi connectivity index (χ1n) is 10.5. The van der Waals surface area contributed by atoms with Crippen LogP contribution in [0.3, 0.4) is 0 Å². The van der Waals surface area contributed by atoms with Gasteiger partial charge in [-0.3, -0.25) is 4.79 Å². The summed E-state index contributed by atoms with van der Waals surface area (Å²) in [4.78, 5) is 28.4. The number of carbonyl (C=O) groups excluding carboxylic acids is 1. The Morgan fingerprint density at radius 1 is 1.12 bits per heavy atom. The summed E-state index contributed by atoms with van der Waals surface area (Å²) in [7, 11) is 0. The maximum absolute atomic E-state index is 12.4. The maximum atomic E-state index is 12.4. The number of aliphatic imine (C=N–C) groups is 1. The van der Waals surface area contributed by atoms with Gasteiger partial charge >= 0.3 is 5.97 Å². The molecule has 1 saturated heterocycles. The monoisotopic (exact) mass is 478 g/mol. The molecular weight excluding hydrogens is 456 g/mol. The lowest BCUT2D eigenvalue weighted by atomic mass is 10.2. The molecule has 1 amide bonds. The molecule has 4 rings (SSSR count). The Hall–Kier alpha value is -3.98. The molecule has 0 unspecified atom stereocenters. The van der Waals surface area contributed by atoms with E-state index in [1.165, 1.54) is 17.8 Å². The number of amidine groups is 1. The van der Waals surface area contributed by atoms with Crippen molar-refractivity contribution in [1.29, 1.82) is 0 Å². The Morgan fingerprint density at radius 2 is 1.91 bits per heavy atom. The quantitative estimate of drug-likeness (QED) is 0.431. The van der Waals surface area contributed by atoms with Crippen LogP contribution in [0.15, 0.2) is 68.9 Å². The number of nitrogens with zero attached hydrogens (tertiary/aromatic N) is 1. The molecule has 3 aromatic rings. The van der Waals surface area contributed by atoms with Gasteiger partial charge in [-0.05, 0) is 73.6 Å². The van der Waals surface area contributed by atoms with E-state index in [4.69, 9.17) is 19.0 Å². The van der Waals surface area contributed by atoms with Gasteiger partial charge in [-0.2, -0.15) is 0 Å². The average Bonchev–Trinajstić information content (AvgIpc) is 3.42. The van der Waals surface area contributed by atoms with Crippen LogP contribution in [-0.4, -0.2) is 28.8 Å². The summed E-state index contributed by atoms with van der Waals surface area (Å²) in [6, 6.07) is 16.0. The van der Waals surface area contributed by atoms with Gasteiger partial charge < -0.3 is 24.3 Å². The highest BCUT2D eigenvalue weighted by atomic mass is 32.2. The number of carbonyl (C=O) groups is 2. The number of aromatic carboxylic acids is 1. The lowest BCUT2D eigenvalue weighted by Crippen LogP contribution is -2.19. The second-order valence-corrected chi connectivity index (χ2v) is 8.35. The lowest BCUT2D eigenvalue weighted by Gasteiger charge is -2.12. The molecule has 8 nitrogen and oxygen atoms in total. The van der Waals surface area contributed by atoms with E-state index in [1.807, 2.05) is 38.1 Å². The maximum Gasteiger partial charge on any atom is 0.371 e. The van der Waals surface area contributed by atoms with Crippen molar-refractivity contribution in [3.05, 3.63) is 82.1 Å². The summed E-state index contributed by atoms with van der Waals surface area (Å²) < 4.78 is 16.7. The molecule has 9 heteroatoms. The molecule has 0 bridgehead atoms. The van der Waals surface area contributed by atoms with Crippen LogP contribution in [0.25, 0.3) is 6.08 Å². The number of thioether (sulfide) groups is 1. The summed E-state index contributed by atoms with van der Waals surface area (Å²) in [5.74, 6) is -0.157.